The van der Waals surface area contributed by atoms with E-state index in [0.717, 1.165) is 16.9 Å². The summed E-state index contributed by atoms with van der Waals surface area (Å²) >= 11 is 1.04. The van der Waals surface area contributed by atoms with E-state index in [1.807, 2.05) is 25.1 Å². The largest absolute Gasteiger partial charge is 0.497 e. The summed E-state index contributed by atoms with van der Waals surface area (Å²) in [6, 6.07) is 12.5. The molecule has 156 valence electrons. The van der Waals surface area contributed by atoms with Gasteiger partial charge in [-0.25, -0.2) is 4.79 Å². The molecule has 0 radical (unpaired) electrons. The van der Waals surface area contributed by atoms with Crippen molar-refractivity contribution in [1.82, 2.24) is 0 Å². The predicted molar refractivity (Wildman–Crippen MR) is 117 cm³/mol. The number of ether oxygens (including phenoxy) is 1. The van der Waals surface area contributed by atoms with Crippen molar-refractivity contribution in [3.05, 3.63) is 63.3 Å². The normalized spacial score (nSPS) is 18.9. The van der Waals surface area contributed by atoms with Gasteiger partial charge in [0.2, 0.25) is 11.8 Å². The van der Waals surface area contributed by atoms with Crippen LogP contribution in [0.5, 0.6) is 5.75 Å². The lowest BCUT2D eigenvalue weighted by Gasteiger charge is -2.31. The van der Waals surface area contributed by atoms with Gasteiger partial charge < -0.3 is 20.5 Å². The first-order chi connectivity index (χ1) is 14.9. The van der Waals surface area contributed by atoms with Crippen LogP contribution in [0, 0.1) is 6.92 Å². The molecule has 7 nitrogen and oxygen atoms in total. The zero-order chi connectivity index (χ0) is 21.9. The molecule has 0 fully saturated rings. The third-order valence-electron chi connectivity index (χ3n) is 5.92. The highest BCUT2D eigenvalue weighted by atomic mass is 32.1. The summed E-state index contributed by atoms with van der Waals surface area (Å²) in [5.74, 6) is -1.13. The zero-order valence-corrected chi connectivity index (χ0v) is 17.6. The van der Waals surface area contributed by atoms with Crippen molar-refractivity contribution < 1.29 is 24.2 Å². The smallest absolute Gasteiger partial charge is 0.346 e. The number of hydrogen-bond acceptors (Lipinski definition) is 5. The minimum atomic E-state index is -1.25. The molecule has 0 bridgehead atoms. The molecule has 0 aliphatic carbocycles. The van der Waals surface area contributed by atoms with Crippen LogP contribution in [-0.4, -0.2) is 30.0 Å². The van der Waals surface area contributed by atoms with Gasteiger partial charge in [0, 0.05) is 11.3 Å². The third-order valence-corrected chi connectivity index (χ3v) is 7.26. The van der Waals surface area contributed by atoms with E-state index in [-0.39, 0.29) is 23.1 Å². The second-order valence-electron chi connectivity index (χ2n) is 7.63. The maximum Gasteiger partial charge on any atom is 0.346 e. The topological polar surface area (TPSA) is 105 Å². The molecule has 3 aromatic rings. The fourth-order valence-electron chi connectivity index (χ4n) is 4.47. The molecule has 0 saturated carbocycles. The van der Waals surface area contributed by atoms with Crippen molar-refractivity contribution in [2.75, 3.05) is 17.7 Å². The number of para-hydroxylation sites is 1. The van der Waals surface area contributed by atoms with Crippen LogP contribution in [0.4, 0.5) is 11.4 Å². The maximum atomic E-state index is 13.3. The number of anilines is 2. The van der Waals surface area contributed by atoms with Gasteiger partial charge in [-0.3, -0.25) is 9.59 Å². The molecule has 0 saturated heterocycles. The van der Waals surface area contributed by atoms with Crippen molar-refractivity contribution in [1.29, 1.82) is 0 Å². The van der Waals surface area contributed by atoms with Crippen molar-refractivity contribution in [2.45, 2.75) is 18.8 Å². The first kappa shape index (κ1) is 19.3. The van der Waals surface area contributed by atoms with Crippen molar-refractivity contribution >= 4 is 40.5 Å². The Balaban J connectivity index is 1.82. The highest BCUT2D eigenvalue weighted by molar-refractivity contribution is 7.15. The molecule has 1 atom stereocenters. The first-order valence-corrected chi connectivity index (χ1v) is 10.4. The monoisotopic (exact) mass is 434 g/mol. The minimum absolute atomic E-state index is 0.0747. The van der Waals surface area contributed by atoms with Crippen LogP contribution < -0.4 is 15.4 Å². The lowest BCUT2D eigenvalue weighted by molar-refractivity contribution is -0.125. The first-order valence-electron chi connectivity index (χ1n) is 9.63. The lowest BCUT2D eigenvalue weighted by atomic mass is 9.74. The Labute approximate surface area is 181 Å². The van der Waals surface area contributed by atoms with Gasteiger partial charge in [0.05, 0.1) is 24.1 Å². The van der Waals surface area contributed by atoms with E-state index < -0.39 is 11.4 Å². The van der Waals surface area contributed by atoms with Gasteiger partial charge >= 0.3 is 5.97 Å². The Hall–Kier alpha value is -3.65. The van der Waals surface area contributed by atoms with Crippen LogP contribution in [0.2, 0.25) is 0 Å². The Morgan fingerprint density at radius 3 is 2.52 bits per heavy atom. The Kier molecular flexibility index (Phi) is 4.16. The molecule has 5 rings (SSSR count). The van der Waals surface area contributed by atoms with Crippen LogP contribution >= 0.6 is 11.3 Å². The highest BCUT2D eigenvalue weighted by Crippen LogP contribution is 2.56. The molecule has 2 aliphatic rings. The molecule has 8 heteroatoms. The number of aromatic carboxylic acids is 1. The molecule has 2 amide bonds. The number of carboxylic acids is 1. The van der Waals surface area contributed by atoms with E-state index in [1.165, 1.54) is 0 Å². The summed E-state index contributed by atoms with van der Waals surface area (Å²) in [6.07, 6.45) is -0.0795. The average molecular weight is 434 g/mol. The van der Waals surface area contributed by atoms with Crippen LogP contribution in [0.15, 0.2) is 42.5 Å². The Bertz CT molecular complexity index is 1280. The van der Waals surface area contributed by atoms with Gasteiger partial charge in [0.1, 0.15) is 16.0 Å². The molecule has 3 N–H and O–H groups in total. The summed E-state index contributed by atoms with van der Waals surface area (Å²) in [5.41, 5.74) is 2.43. The summed E-state index contributed by atoms with van der Waals surface area (Å²) < 4.78 is 5.20. The number of carboxylic acid groups (broad SMARTS) is 1. The molecular formula is C23H18N2O5S. The van der Waals surface area contributed by atoms with Crippen molar-refractivity contribution in [3.63, 3.8) is 0 Å². The number of carbonyl (C=O) groups excluding carboxylic acids is 2. The van der Waals surface area contributed by atoms with Gasteiger partial charge in [-0.1, -0.05) is 30.3 Å². The van der Waals surface area contributed by atoms with E-state index in [1.54, 1.807) is 31.4 Å². The quantitative estimate of drug-likeness (QED) is 0.578. The van der Waals surface area contributed by atoms with Gasteiger partial charge in [0.25, 0.3) is 0 Å². The van der Waals surface area contributed by atoms with E-state index in [2.05, 4.69) is 10.6 Å². The molecule has 1 spiro atoms. The second-order valence-corrected chi connectivity index (χ2v) is 8.65. The number of aryl methyl sites for hydroxylation is 1. The predicted octanol–water partition coefficient (Wildman–Crippen LogP) is 4.01. The van der Waals surface area contributed by atoms with E-state index >= 15 is 0 Å². The Morgan fingerprint density at radius 1 is 1.10 bits per heavy atom. The van der Waals surface area contributed by atoms with Crippen LogP contribution in [0.3, 0.4) is 0 Å². The van der Waals surface area contributed by atoms with E-state index in [9.17, 15) is 19.5 Å². The fourth-order valence-corrected chi connectivity index (χ4v) is 5.79. The maximum absolute atomic E-state index is 13.3. The highest BCUT2D eigenvalue weighted by Gasteiger charge is 2.55. The van der Waals surface area contributed by atoms with Crippen molar-refractivity contribution in [2.24, 2.45) is 0 Å². The number of carbonyl (C=O) groups is 3. The number of amides is 2. The van der Waals surface area contributed by atoms with Crippen molar-refractivity contribution in [3.8, 4) is 16.9 Å². The summed E-state index contributed by atoms with van der Waals surface area (Å²) in [7, 11) is 1.55. The number of thiophene rings is 1. The standard InChI is InChI=1S/C23H18N2O5S/c1-11-4-3-5-14-17(11)25-22(29)23(14)10-15(26)24-18-16(19(21(27)28)31-20(18)23)12-6-8-13(30-2)9-7-12/h3-9H,10H2,1-2H3,(H,24,26)(H,25,29)(H,27,28). The van der Waals surface area contributed by atoms with E-state index in [0.29, 0.717) is 38.7 Å². The molecule has 1 aromatic heterocycles. The molecule has 3 heterocycles. The summed E-state index contributed by atoms with van der Waals surface area (Å²) in [4.78, 5) is 39.0. The molecule has 1 unspecified atom stereocenters. The van der Waals surface area contributed by atoms with Crippen LogP contribution in [0.1, 0.15) is 32.1 Å². The SMILES string of the molecule is COc1ccc(-c2c(C(=O)O)sc3c2NC(=O)CC32C(=O)Nc3c(C)cccc32)cc1. The van der Waals surface area contributed by atoms with Gasteiger partial charge in [-0.2, -0.15) is 0 Å². The molecule has 2 aliphatic heterocycles. The third kappa shape index (κ3) is 2.61. The Morgan fingerprint density at radius 2 is 1.84 bits per heavy atom. The number of rotatable bonds is 3. The minimum Gasteiger partial charge on any atom is -0.497 e. The van der Waals surface area contributed by atoms with Crippen LogP contribution in [-0.2, 0) is 15.0 Å². The van der Waals surface area contributed by atoms with Gasteiger partial charge in [0.15, 0.2) is 0 Å². The number of methoxy groups -OCH3 is 1. The van der Waals surface area contributed by atoms with E-state index in [4.69, 9.17) is 4.74 Å². The second kappa shape index (κ2) is 6.68. The van der Waals surface area contributed by atoms with Gasteiger partial charge in [-0.05, 0) is 35.7 Å². The summed E-state index contributed by atoms with van der Waals surface area (Å²) in [6.45, 7) is 1.89. The lowest BCUT2D eigenvalue weighted by Crippen LogP contribution is -2.42. The fraction of sp³-hybridized carbons (Fsp3) is 0.174. The number of nitrogens with one attached hydrogen (secondary N) is 2. The van der Waals surface area contributed by atoms with Gasteiger partial charge in [-0.15, -0.1) is 11.3 Å². The number of fused-ring (bicyclic) bond motifs is 4. The molecular weight excluding hydrogens is 416 g/mol. The van der Waals surface area contributed by atoms with Crippen LogP contribution in [0.25, 0.3) is 11.1 Å². The molecule has 2 aromatic carbocycles. The number of hydrogen-bond donors (Lipinski definition) is 3. The zero-order valence-electron chi connectivity index (χ0n) is 16.7. The number of benzene rings is 2. The molecule has 31 heavy (non-hydrogen) atoms. The average Bonchev–Trinajstić information content (AvgIpc) is 3.26. The summed E-state index contributed by atoms with van der Waals surface area (Å²) in [5, 5.41) is 15.7.